The molecule has 0 bridgehead atoms. The molecule has 0 saturated carbocycles. The number of carbonyl (C=O) groups excluding carboxylic acids is 1. The zero-order chi connectivity index (χ0) is 22.1. The van der Waals surface area contributed by atoms with Gasteiger partial charge < -0.3 is 9.88 Å². The molecular formula is C20H22ClFN4O3S. The Kier molecular flexibility index (Phi) is 6.44. The van der Waals surface area contributed by atoms with E-state index in [2.05, 4.69) is 10.3 Å². The number of halogens is 2. The van der Waals surface area contributed by atoms with Crippen molar-refractivity contribution in [2.75, 3.05) is 19.4 Å². The number of aryl methyl sites for hydroxylation is 2. The number of amides is 1. The van der Waals surface area contributed by atoms with Crippen LogP contribution in [-0.4, -0.2) is 42.3 Å². The van der Waals surface area contributed by atoms with Gasteiger partial charge in [0.05, 0.1) is 21.6 Å². The van der Waals surface area contributed by atoms with Crippen LogP contribution in [0.4, 0.5) is 10.1 Å². The summed E-state index contributed by atoms with van der Waals surface area (Å²) in [6.45, 7) is 2.55. The van der Waals surface area contributed by atoms with Gasteiger partial charge in [0, 0.05) is 38.5 Å². The number of nitrogens with zero attached hydrogens (tertiary/aromatic N) is 3. The first kappa shape index (κ1) is 22.2. The Labute approximate surface area is 179 Å². The summed E-state index contributed by atoms with van der Waals surface area (Å²) in [5, 5.41) is 2.84. The average molecular weight is 453 g/mol. The minimum Gasteiger partial charge on any atom is -0.328 e. The molecule has 0 unspecified atom stereocenters. The highest BCUT2D eigenvalue weighted by Gasteiger charge is 2.20. The lowest BCUT2D eigenvalue weighted by atomic mass is 10.2. The molecule has 1 heterocycles. The van der Waals surface area contributed by atoms with Crippen LogP contribution in [0.2, 0.25) is 5.02 Å². The molecule has 30 heavy (non-hydrogen) atoms. The van der Waals surface area contributed by atoms with Gasteiger partial charge in [-0.05, 0) is 43.3 Å². The third-order valence-electron chi connectivity index (χ3n) is 4.67. The molecule has 0 fully saturated rings. The first-order valence-corrected chi connectivity index (χ1v) is 11.1. The third kappa shape index (κ3) is 4.48. The van der Waals surface area contributed by atoms with Gasteiger partial charge in [-0.1, -0.05) is 11.6 Å². The van der Waals surface area contributed by atoms with E-state index in [1.165, 1.54) is 38.4 Å². The van der Waals surface area contributed by atoms with Crippen molar-refractivity contribution in [3.05, 3.63) is 53.1 Å². The van der Waals surface area contributed by atoms with E-state index in [0.717, 1.165) is 9.82 Å². The normalized spacial score (nSPS) is 11.9. The van der Waals surface area contributed by atoms with Crippen LogP contribution in [0.1, 0.15) is 19.2 Å². The first-order valence-electron chi connectivity index (χ1n) is 9.30. The number of hydrogen-bond donors (Lipinski definition) is 1. The molecular weight excluding hydrogens is 431 g/mol. The minimum absolute atomic E-state index is 0.0232. The van der Waals surface area contributed by atoms with Crippen LogP contribution in [0.15, 0.2) is 41.3 Å². The van der Waals surface area contributed by atoms with E-state index in [1.807, 2.05) is 11.5 Å². The molecule has 0 aliphatic rings. The number of hydrogen-bond acceptors (Lipinski definition) is 4. The molecule has 1 N–H and O–H groups in total. The Bertz CT molecular complexity index is 1210. The number of benzene rings is 2. The van der Waals surface area contributed by atoms with E-state index in [0.29, 0.717) is 29.3 Å². The van der Waals surface area contributed by atoms with Crippen LogP contribution in [-0.2, 0) is 27.8 Å². The summed E-state index contributed by atoms with van der Waals surface area (Å²) in [6.07, 6.45) is 0.393. The van der Waals surface area contributed by atoms with Gasteiger partial charge in [0.25, 0.3) is 0 Å². The predicted molar refractivity (Wildman–Crippen MR) is 115 cm³/mol. The van der Waals surface area contributed by atoms with Crippen molar-refractivity contribution in [3.8, 4) is 0 Å². The Morgan fingerprint density at radius 2 is 1.97 bits per heavy atom. The molecule has 1 aromatic heterocycles. The summed E-state index contributed by atoms with van der Waals surface area (Å²) in [5.41, 5.74) is 1.34. The number of imidazole rings is 1. The monoisotopic (exact) mass is 452 g/mol. The SMILES string of the molecule is CCn1c(CCC(=O)Nc2cc(Cl)ccc2F)nc2cc(S(=O)(=O)N(C)C)ccc21. The third-order valence-corrected chi connectivity index (χ3v) is 6.72. The minimum atomic E-state index is -3.57. The maximum absolute atomic E-state index is 13.8. The zero-order valence-electron chi connectivity index (χ0n) is 16.8. The van der Waals surface area contributed by atoms with Crippen molar-refractivity contribution in [2.45, 2.75) is 31.2 Å². The van der Waals surface area contributed by atoms with E-state index in [-0.39, 0.29) is 22.9 Å². The summed E-state index contributed by atoms with van der Waals surface area (Å²) in [4.78, 5) is 17.0. The summed E-state index contributed by atoms with van der Waals surface area (Å²) in [6, 6.07) is 8.73. The maximum Gasteiger partial charge on any atom is 0.242 e. The number of carbonyl (C=O) groups is 1. The number of aromatic nitrogens is 2. The van der Waals surface area contributed by atoms with Crippen molar-refractivity contribution in [2.24, 2.45) is 0 Å². The second-order valence-corrected chi connectivity index (χ2v) is 9.47. The number of rotatable bonds is 7. The molecule has 3 aromatic rings. The number of sulfonamides is 1. The highest BCUT2D eigenvalue weighted by molar-refractivity contribution is 7.89. The van der Waals surface area contributed by atoms with Crippen LogP contribution < -0.4 is 5.32 Å². The average Bonchev–Trinajstić information content (AvgIpc) is 3.05. The zero-order valence-corrected chi connectivity index (χ0v) is 18.4. The Balaban J connectivity index is 1.82. The molecule has 0 aliphatic heterocycles. The second kappa shape index (κ2) is 8.71. The van der Waals surface area contributed by atoms with Gasteiger partial charge in [-0.15, -0.1) is 0 Å². The summed E-state index contributed by atoms with van der Waals surface area (Å²) in [7, 11) is -0.635. The fourth-order valence-electron chi connectivity index (χ4n) is 3.11. The predicted octanol–water partition coefficient (Wildman–Crippen LogP) is 3.67. The van der Waals surface area contributed by atoms with Crippen LogP contribution in [0.3, 0.4) is 0 Å². The Morgan fingerprint density at radius 1 is 1.23 bits per heavy atom. The van der Waals surface area contributed by atoms with Crippen LogP contribution in [0.25, 0.3) is 11.0 Å². The van der Waals surface area contributed by atoms with Crippen LogP contribution >= 0.6 is 11.6 Å². The molecule has 0 spiro atoms. The van der Waals surface area contributed by atoms with Gasteiger partial charge >= 0.3 is 0 Å². The molecule has 2 aromatic carbocycles. The van der Waals surface area contributed by atoms with E-state index >= 15 is 0 Å². The Hall–Kier alpha value is -2.49. The summed E-state index contributed by atoms with van der Waals surface area (Å²) in [5.74, 6) is -0.293. The quantitative estimate of drug-likeness (QED) is 0.592. The molecule has 3 rings (SSSR count). The van der Waals surface area contributed by atoms with Crippen molar-refractivity contribution in [1.29, 1.82) is 0 Å². The van der Waals surface area contributed by atoms with Crippen LogP contribution in [0.5, 0.6) is 0 Å². The highest BCUT2D eigenvalue weighted by Crippen LogP contribution is 2.23. The van der Waals surface area contributed by atoms with Gasteiger partial charge in [0.15, 0.2) is 0 Å². The maximum atomic E-state index is 13.8. The lowest BCUT2D eigenvalue weighted by Gasteiger charge is -2.11. The van der Waals surface area contributed by atoms with E-state index in [4.69, 9.17) is 11.6 Å². The van der Waals surface area contributed by atoms with Crippen molar-refractivity contribution in [3.63, 3.8) is 0 Å². The molecule has 0 radical (unpaired) electrons. The van der Waals surface area contributed by atoms with Gasteiger partial charge in [-0.2, -0.15) is 0 Å². The summed E-state index contributed by atoms with van der Waals surface area (Å²) < 4.78 is 41.6. The van der Waals surface area contributed by atoms with E-state index in [9.17, 15) is 17.6 Å². The van der Waals surface area contributed by atoms with Crippen molar-refractivity contribution in [1.82, 2.24) is 13.9 Å². The smallest absolute Gasteiger partial charge is 0.242 e. The van der Waals surface area contributed by atoms with Crippen molar-refractivity contribution < 1.29 is 17.6 Å². The van der Waals surface area contributed by atoms with E-state index < -0.39 is 15.8 Å². The van der Waals surface area contributed by atoms with Crippen molar-refractivity contribution >= 4 is 44.3 Å². The molecule has 0 atom stereocenters. The van der Waals surface area contributed by atoms with Gasteiger partial charge in [0.2, 0.25) is 15.9 Å². The second-order valence-electron chi connectivity index (χ2n) is 6.88. The molecule has 7 nitrogen and oxygen atoms in total. The van der Waals surface area contributed by atoms with E-state index in [1.54, 1.807) is 12.1 Å². The standard InChI is InChI=1S/C20H22ClFN4O3S/c1-4-26-18-8-6-14(30(28,29)25(2)3)12-17(18)23-19(26)9-10-20(27)24-16-11-13(21)5-7-15(16)22/h5-8,11-12H,4,9-10H2,1-3H3,(H,24,27). The first-order chi connectivity index (χ1) is 14.1. The molecule has 1 amide bonds. The largest absolute Gasteiger partial charge is 0.328 e. The lowest BCUT2D eigenvalue weighted by molar-refractivity contribution is -0.116. The number of fused-ring (bicyclic) bond motifs is 1. The van der Waals surface area contributed by atoms with Gasteiger partial charge in [0.1, 0.15) is 11.6 Å². The molecule has 0 aliphatic carbocycles. The lowest BCUT2D eigenvalue weighted by Crippen LogP contribution is -2.22. The Morgan fingerprint density at radius 3 is 2.63 bits per heavy atom. The van der Waals surface area contributed by atoms with Gasteiger partial charge in [-0.25, -0.2) is 22.1 Å². The number of nitrogens with one attached hydrogen (secondary N) is 1. The fraction of sp³-hybridized carbons (Fsp3) is 0.300. The highest BCUT2D eigenvalue weighted by atomic mass is 35.5. The molecule has 10 heteroatoms. The topological polar surface area (TPSA) is 84.3 Å². The molecule has 0 saturated heterocycles. The van der Waals surface area contributed by atoms with Gasteiger partial charge in [-0.3, -0.25) is 4.79 Å². The summed E-state index contributed by atoms with van der Waals surface area (Å²) >= 11 is 5.85. The van der Waals surface area contributed by atoms with Crippen LogP contribution in [0, 0.1) is 5.82 Å². The molecule has 160 valence electrons. The number of anilines is 1. The fourth-order valence-corrected chi connectivity index (χ4v) is 4.20.